The lowest BCUT2D eigenvalue weighted by Gasteiger charge is -2.29. The van der Waals surface area contributed by atoms with Crippen molar-refractivity contribution >= 4 is 16.2 Å². The first-order valence-electron chi connectivity index (χ1n) is 8.01. The Morgan fingerprint density at radius 2 is 2.16 bits per heavy atom. The van der Waals surface area contributed by atoms with Gasteiger partial charge in [0.1, 0.15) is 0 Å². The summed E-state index contributed by atoms with van der Waals surface area (Å²) in [5.41, 5.74) is 1.64. The van der Waals surface area contributed by atoms with Crippen LogP contribution in [0, 0.1) is 5.92 Å². The SMILES string of the molecule is O=C(O)[C@@H]1CCCN(S(=O)(=O)NCc2ccccc2-n2ccnc2)C1. The molecule has 134 valence electrons. The highest BCUT2D eigenvalue weighted by atomic mass is 32.2. The van der Waals surface area contributed by atoms with E-state index in [-0.39, 0.29) is 13.1 Å². The molecule has 0 radical (unpaired) electrons. The number of carboxylic acids is 1. The van der Waals surface area contributed by atoms with E-state index in [9.17, 15) is 13.2 Å². The van der Waals surface area contributed by atoms with Gasteiger partial charge in [-0.05, 0) is 24.5 Å². The minimum atomic E-state index is -3.74. The van der Waals surface area contributed by atoms with Gasteiger partial charge in [0.2, 0.25) is 0 Å². The Kier molecular flexibility index (Phi) is 5.16. The van der Waals surface area contributed by atoms with Crippen molar-refractivity contribution in [3.8, 4) is 5.69 Å². The van der Waals surface area contributed by atoms with E-state index in [4.69, 9.17) is 5.11 Å². The maximum atomic E-state index is 12.5. The quantitative estimate of drug-likeness (QED) is 0.796. The number of aromatic nitrogens is 2. The standard InChI is InChI=1S/C16H20N4O4S/c21-16(22)14-5-3-8-20(11-14)25(23,24)18-10-13-4-1-2-6-15(13)19-9-7-17-12-19/h1-2,4,6-7,9,12,14,18H,3,5,8,10-11H2,(H,21,22)/t14-/m1/s1. The predicted molar refractivity (Wildman–Crippen MR) is 91.3 cm³/mol. The Hall–Kier alpha value is -2.23. The number of benzene rings is 1. The zero-order valence-electron chi connectivity index (χ0n) is 13.6. The number of nitrogens with zero attached hydrogens (tertiary/aromatic N) is 3. The Morgan fingerprint density at radius 1 is 1.36 bits per heavy atom. The summed E-state index contributed by atoms with van der Waals surface area (Å²) in [6, 6.07) is 7.43. The second kappa shape index (κ2) is 7.34. The minimum Gasteiger partial charge on any atom is -0.481 e. The van der Waals surface area contributed by atoms with Crippen LogP contribution in [0.15, 0.2) is 43.0 Å². The molecule has 1 saturated heterocycles. The van der Waals surface area contributed by atoms with Crippen molar-refractivity contribution in [2.75, 3.05) is 13.1 Å². The largest absolute Gasteiger partial charge is 0.481 e. The summed E-state index contributed by atoms with van der Waals surface area (Å²) in [6.07, 6.45) is 6.14. The molecule has 9 heteroatoms. The normalized spacial score (nSPS) is 19.0. The average molecular weight is 364 g/mol. The van der Waals surface area contributed by atoms with Crippen LogP contribution < -0.4 is 4.72 Å². The zero-order chi connectivity index (χ0) is 17.9. The molecule has 2 aromatic rings. The van der Waals surface area contributed by atoms with Gasteiger partial charge in [0.15, 0.2) is 0 Å². The molecule has 1 atom stereocenters. The second-order valence-corrected chi connectivity index (χ2v) is 7.72. The van der Waals surface area contributed by atoms with Gasteiger partial charge in [-0.1, -0.05) is 18.2 Å². The minimum absolute atomic E-state index is 0.00777. The number of para-hydroxylation sites is 1. The molecule has 0 bridgehead atoms. The smallest absolute Gasteiger partial charge is 0.307 e. The summed E-state index contributed by atoms with van der Waals surface area (Å²) < 4.78 is 30.7. The fourth-order valence-electron chi connectivity index (χ4n) is 2.94. The maximum Gasteiger partial charge on any atom is 0.307 e. The van der Waals surface area contributed by atoms with E-state index in [0.29, 0.717) is 19.4 Å². The van der Waals surface area contributed by atoms with Gasteiger partial charge in [-0.2, -0.15) is 17.4 Å². The van der Waals surface area contributed by atoms with Gasteiger partial charge in [-0.25, -0.2) is 4.98 Å². The molecule has 2 N–H and O–H groups in total. The van der Waals surface area contributed by atoms with Gasteiger partial charge in [0.25, 0.3) is 10.2 Å². The van der Waals surface area contributed by atoms with Crippen molar-refractivity contribution in [2.24, 2.45) is 5.92 Å². The van der Waals surface area contributed by atoms with Crippen LogP contribution in [0.5, 0.6) is 0 Å². The number of aliphatic carboxylic acids is 1. The molecule has 0 saturated carbocycles. The highest BCUT2D eigenvalue weighted by molar-refractivity contribution is 7.87. The van der Waals surface area contributed by atoms with Crippen LogP contribution in [0.2, 0.25) is 0 Å². The lowest BCUT2D eigenvalue weighted by atomic mass is 10.0. The molecule has 1 aliphatic heterocycles. The third-order valence-electron chi connectivity index (χ3n) is 4.29. The first-order chi connectivity index (χ1) is 12.0. The number of rotatable bonds is 6. The molecule has 8 nitrogen and oxygen atoms in total. The highest BCUT2D eigenvalue weighted by Crippen LogP contribution is 2.20. The van der Waals surface area contributed by atoms with Crippen LogP contribution in [0.4, 0.5) is 0 Å². The molecule has 2 heterocycles. The lowest BCUT2D eigenvalue weighted by molar-refractivity contribution is -0.142. The number of nitrogens with one attached hydrogen (secondary N) is 1. The van der Waals surface area contributed by atoms with E-state index >= 15 is 0 Å². The number of imidazole rings is 1. The fraction of sp³-hybridized carbons (Fsp3) is 0.375. The maximum absolute atomic E-state index is 12.5. The van der Waals surface area contributed by atoms with Crippen LogP contribution in [-0.4, -0.2) is 46.4 Å². The number of piperidine rings is 1. The molecule has 1 fully saturated rings. The topological polar surface area (TPSA) is 105 Å². The third-order valence-corrected chi connectivity index (χ3v) is 5.81. The van der Waals surface area contributed by atoms with Crippen LogP contribution >= 0.6 is 0 Å². The van der Waals surface area contributed by atoms with Crippen molar-refractivity contribution in [3.05, 3.63) is 48.5 Å². The van der Waals surface area contributed by atoms with E-state index in [0.717, 1.165) is 11.3 Å². The number of hydrogen-bond acceptors (Lipinski definition) is 4. The van der Waals surface area contributed by atoms with Gasteiger partial charge in [-0.3, -0.25) is 4.79 Å². The second-order valence-electron chi connectivity index (χ2n) is 5.96. The molecule has 1 aromatic heterocycles. The first-order valence-corrected chi connectivity index (χ1v) is 9.45. The number of carboxylic acid groups (broad SMARTS) is 1. The summed E-state index contributed by atoms with van der Waals surface area (Å²) in [7, 11) is -3.74. The van der Waals surface area contributed by atoms with Gasteiger partial charge < -0.3 is 9.67 Å². The Bertz CT molecular complexity index is 836. The molecule has 0 spiro atoms. The molecule has 0 aliphatic carbocycles. The first kappa shape index (κ1) is 17.6. The molecule has 0 unspecified atom stereocenters. The molecule has 25 heavy (non-hydrogen) atoms. The summed E-state index contributed by atoms with van der Waals surface area (Å²) >= 11 is 0. The zero-order valence-corrected chi connectivity index (χ0v) is 14.4. The molecule has 1 aromatic carbocycles. The summed E-state index contributed by atoms with van der Waals surface area (Å²) in [4.78, 5) is 15.1. The van der Waals surface area contributed by atoms with E-state index in [1.165, 1.54) is 4.31 Å². The van der Waals surface area contributed by atoms with Crippen molar-refractivity contribution in [1.29, 1.82) is 0 Å². The third kappa shape index (κ3) is 4.06. The van der Waals surface area contributed by atoms with Gasteiger partial charge in [-0.15, -0.1) is 0 Å². The number of hydrogen-bond donors (Lipinski definition) is 2. The van der Waals surface area contributed by atoms with Gasteiger partial charge in [0, 0.05) is 32.0 Å². The Morgan fingerprint density at radius 3 is 2.88 bits per heavy atom. The Labute approximate surface area is 146 Å². The lowest BCUT2D eigenvalue weighted by Crippen LogP contribution is -2.47. The molecule has 3 rings (SSSR count). The van der Waals surface area contributed by atoms with Gasteiger partial charge >= 0.3 is 5.97 Å². The van der Waals surface area contributed by atoms with Crippen molar-refractivity contribution < 1.29 is 18.3 Å². The van der Waals surface area contributed by atoms with Crippen LogP contribution in [0.3, 0.4) is 0 Å². The van der Waals surface area contributed by atoms with Crippen LogP contribution in [-0.2, 0) is 21.5 Å². The molecular weight excluding hydrogens is 344 g/mol. The highest BCUT2D eigenvalue weighted by Gasteiger charge is 2.32. The average Bonchev–Trinajstić information content (AvgIpc) is 3.15. The van der Waals surface area contributed by atoms with E-state index in [1.54, 1.807) is 18.7 Å². The molecule has 0 amide bonds. The van der Waals surface area contributed by atoms with Crippen molar-refractivity contribution in [2.45, 2.75) is 19.4 Å². The van der Waals surface area contributed by atoms with Gasteiger partial charge in [0.05, 0.1) is 17.9 Å². The van der Waals surface area contributed by atoms with E-state index in [2.05, 4.69) is 9.71 Å². The predicted octanol–water partition coefficient (Wildman–Crippen LogP) is 1.00. The van der Waals surface area contributed by atoms with Crippen molar-refractivity contribution in [3.63, 3.8) is 0 Å². The molecule has 1 aliphatic rings. The van der Waals surface area contributed by atoms with Crippen LogP contribution in [0.25, 0.3) is 5.69 Å². The fourth-order valence-corrected chi connectivity index (χ4v) is 4.20. The van der Waals surface area contributed by atoms with E-state index < -0.39 is 22.1 Å². The van der Waals surface area contributed by atoms with E-state index in [1.807, 2.05) is 28.8 Å². The summed E-state index contributed by atoms with van der Waals surface area (Å²) in [6.45, 7) is 0.459. The number of carbonyl (C=O) groups is 1. The Balaban J connectivity index is 1.72. The van der Waals surface area contributed by atoms with Crippen LogP contribution in [0.1, 0.15) is 18.4 Å². The summed E-state index contributed by atoms with van der Waals surface area (Å²) in [5.74, 6) is -1.60. The monoisotopic (exact) mass is 364 g/mol. The molecular formula is C16H20N4O4S. The van der Waals surface area contributed by atoms with Crippen molar-refractivity contribution in [1.82, 2.24) is 18.6 Å². The summed E-state index contributed by atoms with van der Waals surface area (Å²) in [5, 5.41) is 9.12.